The molecule has 0 spiro atoms. The minimum absolute atomic E-state index is 0.0666. The van der Waals surface area contributed by atoms with Crippen LogP contribution in [0.4, 0.5) is 0 Å². The number of hydrogen-bond donors (Lipinski definition) is 1. The fraction of sp³-hybridized carbons (Fsp3) is 0.412. The Morgan fingerprint density at radius 2 is 2.12 bits per heavy atom. The van der Waals surface area contributed by atoms with Crippen LogP contribution in [0.2, 0.25) is 5.02 Å². The van der Waals surface area contributed by atoms with E-state index in [1.54, 1.807) is 38.1 Å². The summed E-state index contributed by atoms with van der Waals surface area (Å²) < 4.78 is 27.4. The SMILES string of the molecule is Cc1n[nH]c(C)c1S(=O)(=O)N1CCCC(C(=O)c2cccc(Cl)c2)C1. The number of ketones is 1. The molecule has 1 aliphatic rings. The van der Waals surface area contributed by atoms with Crippen molar-refractivity contribution in [3.63, 3.8) is 0 Å². The van der Waals surface area contributed by atoms with Gasteiger partial charge in [0, 0.05) is 29.6 Å². The Morgan fingerprint density at radius 1 is 1.36 bits per heavy atom. The van der Waals surface area contributed by atoms with Gasteiger partial charge in [-0.3, -0.25) is 9.89 Å². The molecule has 1 aromatic heterocycles. The first-order valence-electron chi connectivity index (χ1n) is 8.12. The molecule has 1 unspecified atom stereocenters. The molecule has 134 valence electrons. The van der Waals surface area contributed by atoms with Gasteiger partial charge >= 0.3 is 0 Å². The van der Waals surface area contributed by atoms with E-state index in [2.05, 4.69) is 10.2 Å². The molecule has 3 rings (SSSR count). The molecule has 1 aliphatic heterocycles. The molecule has 0 saturated carbocycles. The van der Waals surface area contributed by atoms with E-state index in [0.29, 0.717) is 41.4 Å². The van der Waals surface area contributed by atoms with Crippen molar-refractivity contribution in [2.24, 2.45) is 5.92 Å². The summed E-state index contributed by atoms with van der Waals surface area (Å²) in [4.78, 5) is 13.0. The molecule has 1 saturated heterocycles. The van der Waals surface area contributed by atoms with E-state index in [9.17, 15) is 13.2 Å². The van der Waals surface area contributed by atoms with E-state index in [1.165, 1.54) is 4.31 Å². The van der Waals surface area contributed by atoms with Gasteiger partial charge in [-0.05, 0) is 38.8 Å². The van der Waals surface area contributed by atoms with Crippen molar-refractivity contribution in [1.29, 1.82) is 0 Å². The number of sulfonamides is 1. The van der Waals surface area contributed by atoms with Gasteiger partial charge in [-0.25, -0.2) is 8.42 Å². The number of halogens is 1. The second-order valence-corrected chi connectivity index (χ2v) is 8.65. The standard InChI is InChI=1S/C17H20ClN3O3S/c1-11-17(12(2)20-19-11)25(23,24)21-8-4-6-14(10-21)16(22)13-5-3-7-15(18)9-13/h3,5,7,9,14H,4,6,8,10H2,1-2H3,(H,19,20). The van der Waals surface area contributed by atoms with Crippen molar-refractivity contribution in [2.45, 2.75) is 31.6 Å². The van der Waals surface area contributed by atoms with Crippen LogP contribution in [0.15, 0.2) is 29.2 Å². The van der Waals surface area contributed by atoms with Crippen molar-refractivity contribution in [2.75, 3.05) is 13.1 Å². The van der Waals surface area contributed by atoms with E-state index < -0.39 is 10.0 Å². The molecule has 1 N–H and O–H groups in total. The summed E-state index contributed by atoms with van der Waals surface area (Å²) in [6, 6.07) is 6.78. The number of carbonyl (C=O) groups excluding carboxylic acids is 1. The van der Waals surface area contributed by atoms with Crippen LogP contribution in [0.5, 0.6) is 0 Å². The number of aromatic amines is 1. The fourth-order valence-electron chi connectivity index (χ4n) is 3.30. The minimum atomic E-state index is -3.68. The third-order valence-electron chi connectivity index (χ3n) is 4.52. The molecule has 0 radical (unpaired) electrons. The lowest BCUT2D eigenvalue weighted by molar-refractivity contribution is 0.0872. The quantitative estimate of drug-likeness (QED) is 0.825. The van der Waals surface area contributed by atoms with E-state index in [-0.39, 0.29) is 23.1 Å². The van der Waals surface area contributed by atoms with E-state index >= 15 is 0 Å². The lowest BCUT2D eigenvalue weighted by atomic mass is 9.91. The number of aromatic nitrogens is 2. The molecule has 8 heteroatoms. The maximum absolute atomic E-state index is 13.0. The summed E-state index contributed by atoms with van der Waals surface area (Å²) in [5, 5.41) is 7.18. The Hall–Kier alpha value is -1.70. The largest absolute Gasteiger partial charge is 0.294 e. The Kier molecular flexibility index (Phi) is 4.99. The topological polar surface area (TPSA) is 83.1 Å². The summed E-state index contributed by atoms with van der Waals surface area (Å²) in [7, 11) is -3.68. The van der Waals surface area contributed by atoms with Crippen molar-refractivity contribution >= 4 is 27.4 Å². The number of aryl methyl sites for hydroxylation is 2. The summed E-state index contributed by atoms with van der Waals surface area (Å²) in [6.07, 6.45) is 1.31. The van der Waals surface area contributed by atoms with Gasteiger partial charge in [0.25, 0.3) is 0 Å². The zero-order chi connectivity index (χ0) is 18.2. The van der Waals surface area contributed by atoms with Gasteiger partial charge in [0.05, 0.1) is 11.4 Å². The maximum Gasteiger partial charge on any atom is 0.246 e. The first-order chi connectivity index (χ1) is 11.8. The van der Waals surface area contributed by atoms with Crippen LogP contribution in [-0.4, -0.2) is 41.8 Å². The van der Waals surface area contributed by atoms with Crippen molar-refractivity contribution < 1.29 is 13.2 Å². The summed E-state index contributed by atoms with van der Waals surface area (Å²) in [5.41, 5.74) is 1.48. The van der Waals surface area contributed by atoms with Gasteiger partial charge < -0.3 is 0 Å². The minimum Gasteiger partial charge on any atom is -0.294 e. The molecular formula is C17H20ClN3O3S. The van der Waals surface area contributed by atoms with Crippen LogP contribution in [0, 0.1) is 19.8 Å². The third-order valence-corrected chi connectivity index (χ3v) is 6.89. The van der Waals surface area contributed by atoms with Crippen LogP contribution < -0.4 is 0 Å². The molecule has 0 amide bonds. The number of H-pyrrole nitrogens is 1. The van der Waals surface area contributed by atoms with E-state index in [1.807, 2.05) is 0 Å². The van der Waals surface area contributed by atoms with Gasteiger partial charge in [0.15, 0.2) is 5.78 Å². The highest BCUT2D eigenvalue weighted by Crippen LogP contribution is 2.28. The lowest BCUT2D eigenvalue weighted by Crippen LogP contribution is -2.42. The first-order valence-corrected chi connectivity index (χ1v) is 9.94. The Labute approximate surface area is 152 Å². The number of rotatable bonds is 4. The second-order valence-electron chi connectivity index (χ2n) is 6.34. The molecule has 1 aromatic carbocycles. The van der Waals surface area contributed by atoms with Crippen LogP contribution >= 0.6 is 11.6 Å². The fourth-order valence-corrected chi connectivity index (χ4v) is 5.35. The Bertz CT molecular complexity index is 888. The Morgan fingerprint density at radius 3 is 2.76 bits per heavy atom. The molecule has 2 heterocycles. The van der Waals surface area contributed by atoms with Crippen molar-refractivity contribution in [3.8, 4) is 0 Å². The van der Waals surface area contributed by atoms with E-state index in [0.717, 1.165) is 0 Å². The van der Waals surface area contributed by atoms with Gasteiger partial charge in [-0.15, -0.1) is 0 Å². The average Bonchev–Trinajstić information content (AvgIpc) is 2.93. The monoisotopic (exact) mass is 381 g/mol. The van der Waals surface area contributed by atoms with Gasteiger partial charge in [-0.1, -0.05) is 23.7 Å². The van der Waals surface area contributed by atoms with E-state index in [4.69, 9.17) is 11.6 Å². The predicted octanol–water partition coefficient (Wildman–Crippen LogP) is 2.96. The highest BCUT2D eigenvalue weighted by molar-refractivity contribution is 7.89. The number of hydrogen-bond acceptors (Lipinski definition) is 4. The molecule has 25 heavy (non-hydrogen) atoms. The molecule has 6 nitrogen and oxygen atoms in total. The second kappa shape index (κ2) is 6.90. The normalized spacial score (nSPS) is 19.1. The molecular weight excluding hydrogens is 362 g/mol. The third kappa shape index (κ3) is 3.49. The van der Waals surface area contributed by atoms with Gasteiger partial charge in [0.1, 0.15) is 4.90 Å². The van der Waals surface area contributed by atoms with Crippen LogP contribution in [0.25, 0.3) is 0 Å². The van der Waals surface area contributed by atoms with Gasteiger partial charge in [-0.2, -0.15) is 9.40 Å². The molecule has 1 atom stereocenters. The van der Waals surface area contributed by atoms with Crippen molar-refractivity contribution in [1.82, 2.24) is 14.5 Å². The summed E-state index contributed by atoms with van der Waals surface area (Å²) in [5.74, 6) is -0.433. The predicted molar refractivity (Wildman–Crippen MR) is 95.3 cm³/mol. The molecule has 0 bridgehead atoms. The zero-order valence-electron chi connectivity index (χ0n) is 14.1. The van der Waals surface area contributed by atoms with Crippen LogP contribution in [-0.2, 0) is 10.0 Å². The Balaban J connectivity index is 1.85. The number of nitrogens with zero attached hydrogens (tertiary/aromatic N) is 2. The number of Topliss-reactive ketones (excluding diaryl/α,β-unsaturated/α-hetero) is 1. The van der Waals surface area contributed by atoms with Crippen LogP contribution in [0.3, 0.4) is 0 Å². The van der Waals surface area contributed by atoms with Crippen LogP contribution in [0.1, 0.15) is 34.6 Å². The number of benzene rings is 1. The summed E-state index contributed by atoms with van der Waals surface area (Å²) in [6.45, 7) is 3.93. The van der Waals surface area contributed by atoms with Gasteiger partial charge in [0.2, 0.25) is 10.0 Å². The van der Waals surface area contributed by atoms with Crippen molar-refractivity contribution in [3.05, 3.63) is 46.2 Å². The summed E-state index contributed by atoms with van der Waals surface area (Å²) >= 11 is 5.96. The maximum atomic E-state index is 13.0. The highest BCUT2D eigenvalue weighted by Gasteiger charge is 2.35. The number of piperidine rings is 1. The first kappa shape index (κ1) is 18.1. The zero-order valence-corrected chi connectivity index (χ0v) is 15.7. The number of carbonyl (C=O) groups is 1. The lowest BCUT2D eigenvalue weighted by Gasteiger charge is -2.31. The molecule has 0 aliphatic carbocycles. The highest BCUT2D eigenvalue weighted by atomic mass is 35.5. The number of nitrogens with one attached hydrogen (secondary N) is 1. The molecule has 1 fully saturated rings. The average molecular weight is 382 g/mol. The smallest absolute Gasteiger partial charge is 0.246 e. The molecule has 2 aromatic rings.